The van der Waals surface area contributed by atoms with Crippen LogP contribution in [0, 0.1) is 0 Å². The number of amides is 1. The Kier molecular flexibility index (Phi) is 5.73. The zero-order valence-corrected chi connectivity index (χ0v) is 13.2. The lowest BCUT2D eigenvalue weighted by Crippen LogP contribution is -2.37. The number of hydrogen-bond donors (Lipinski definition) is 2. The van der Waals surface area contributed by atoms with Gasteiger partial charge >= 0.3 is 0 Å². The average Bonchev–Trinajstić information content (AvgIpc) is 2.55. The van der Waals surface area contributed by atoms with Crippen LogP contribution in [0.5, 0.6) is 0 Å². The smallest absolute Gasteiger partial charge is 0.222 e. The van der Waals surface area contributed by atoms with Crippen molar-refractivity contribution in [2.24, 2.45) is 5.73 Å². The molecule has 22 heavy (non-hydrogen) atoms. The van der Waals surface area contributed by atoms with Gasteiger partial charge in [0.05, 0.1) is 0 Å². The molecule has 0 aromatic heterocycles. The van der Waals surface area contributed by atoms with Gasteiger partial charge in [-0.3, -0.25) is 4.79 Å². The van der Waals surface area contributed by atoms with Crippen LogP contribution in [0.1, 0.15) is 43.4 Å². The summed E-state index contributed by atoms with van der Waals surface area (Å²) in [4.78, 5) is 12.2. The Hall–Kier alpha value is -2.13. The minimum Gasteiger partial charge on any atom is -0.353 e. The van der Waals surface area contributed by atoms with Gasteiger partial charge in [0.2, 0.25) is 5.91 Å². The van der Waals surface area contributed by atoms with Crippen LogP contribution in [-0.2, 0) is 4.79 Å². The van der Waals surface area contributed by atoms with Gasteiger partial charge in [0.25, 0.3) is 0 Å². The van der Waals surface area contributed by atoms with E-state index in [9.17, 15) is 4.79 Å². The molecule has 0 aliphatic heterocycles. The van der Waals surface area contributed by atoms with E-state index < -0.39 is 0 Å². The molecule has 1 amide bonds. The van der Waals surface area contributed by atoms with E-state index in [0.29, 0.717) is 6.42 Å². The van der Waals surface area contributed by atoms with E-state index >= 15 is 0 Å². The lowest BCUT2D eigenvalue weighted by Gasteiger charge is -2.22. The Morgan fingerprint density at radius 3 is 2.00 bits per heavy atom. The summed E-state index contributed by atoms with van der Waals surface area (Å²) in [5, 5.41) is 3.06. The van der Waals surface area contributed by atoms with Crippen LogP contribution in [0.2, 0.25) is 0 Å². The van der Waals surface area contributed by atoms with Gasteiger partial charge < -0.3 is 11.1 Å². The van der Waals surface area contributed by atoms with Crippen molar-refractivity contribution in [3.05, 3.63) is 71.8 Å². The van der Waals surface area contributed by atoms with Crippen molar-refractivity contribution in [2.75, 3.05) is 0 Å². The van der Waals surface area contributed by atoms with Crippen LogP contribution in [-0.4, -0.2) is 11.9 Å². The molecule has 0 saturated heterocycles. The van der Waals surface area contributed by atoms with Crippen LogP contribution in [0.25, 0.3) is 0 Å². The minimum atomic E-state index is -0.263. The first-order valence-corrected chi connectivity index (χ1v) is 7.72. The van der Waals surface area contributed by atoms with Gasteiger partial charge in [-0.1, -0.05) is 67.6 Å². The molecule has 3 atom stereocenters. The summed E-state index contributed by atoms with van der Waals surface area (Å²) in [6.07, 6.45) is 0.301. The third-order valence-electron chi connectivity index (χ3n) is 4.10. The number of carbonyl (C=O) groups excluding carboxylic acids is 1. The second-order valence-corrected chi connectivity index (χ2v) is 5.78. The number of benzene rings is 2. The van der Waals surface area contributed by atoms with E-state index in [0.717, 1.165) is 5.56 Å². The highest BCUT2D eigenvalue weighted by atomic mass is 16.1. The molecule has 3 nitrogen and oxygen atoms in total. The number of nitrogens with one attached hydrogen (secondary N) is 1. The summed E-state index contributed by atoms with van der Waals surface area (Å²) in [6.45, 7) is 4.15. The van der Waals surface area contributed by atoms with Gasteiger partial charge in [0, 0.05) is 24.4 Å². The van der Waals surface area contributed by atoms with Gasteiger partial charge in [-0.15, -0.1) is 0 Å². The Labute approximate surface area is 132 Å². The third-order valence-corrected chi connectivity index (χ3v) is 4.10. The van der Waals surface area contributed by atoms with E-state index in [2.05, 4.69) is 24.4 Å². The van der Waals surface area contributed by atoms with E-state index in [4.69, 9.17) is 5.73 Å². The molecule has 0 aliphatic carbocycles. The number of carbonyl (C=O) groups is 1. The van der Waals surface area contributed by atoms with E-state index in [1.165, 1.54) is 5.56 Å². The monoisotopic (exact) mass is 296 g/mol. The van der Waals surface area contributed by atoms with E-state index in [1.807, 2.05) is 55.5 Å². The van der Waals surface area contributed by atoms with Gasteiger partial charge in [0.15, 0.2) is 0 Å². The summed E-state index contributed by atoms with van der Waals surface area (Å²) in [5.74, 6) is 0.254. The van der Waals surface area contributed by atoms with Crippen molar-refractivity contribution in [1.82, 2.24) is 5.32 Å². The maximum atomic E-state index is 12.2. The molecule has 0 saturated carbocycles. The Balaban J connectivity index is 1.89. The van der Waals surface area contributed by atoms with Crippen molar-refractivity contribution in [3.63, 3.8) is 0 Å². The number of hydrogen-bond acceptors (Lipinski definition) is 2. The molecule has 3 unspecified atom stereocenters. The zero-order chi connectivity index (χ0) is 15.9. The minimum absolute atomic E-state index is 0.00775. The maximum Gasteiger partial charge on any atom is 0.222 e. The summed E-state index contributed by atoms with van der Waals surface area (Å²) in [5.41, 5.74) is 8.31. The summed E-state index contributed by atoms with van der Waals surface area (Å²) < 4.78 is 0. The van der Waals surface area contributed by atoms with Crippen LogP contribution in [0.4, 0.5) is 0 Å². The molecule has 3 N–H and O–H groups in total. The Morgan fingerprint density at radius 1 is 0.955 bits per heavy atom. The van der Waals surface area contributed by atoms with Crippen LogP contribution in [0.15, 0.2) is 60.7 Å². The molecule has 0 aliphatic rings. The molecular formula is C19H24N2O. The summed E-state index contributed by atoms with van der Waals surface area (Å²) >= 11 is 0. The van der Waals surface area contributed by atoms with E-state index in [1.54, 1.807) is 0 Å². The van der Waals surface area contributed by atoms with Gasteiger partial charge in [-0.2, -0.15) is 0 Å². The van der Waals surface area contributed by atoms with Gasteiger partial charge in [-0.05, 0) is 18.1 Å². The first-order chi connectivity index (χ1) is 10.6. The van der Waals surface area contributed by atoms with Gasteiger partial charge in [-0.25, -0.2) is 0 Å². The topological polar surface area (TPSA) is 55.1 Å². The largest absolute Gasteiger partial charge is 0.353 e. The molecule has 116 valence electrons. The molecule has 0 fully saturated rings. The second kappa shape index (κ2) is 7.76. The van der Waals surface area contributed by atoms with Crippen molar-refractivity contribution in [1.29, 1.82) is 0 Å². The first kappa shape index (κ1) is 16.2. The number of nitrogens with two attached hydrogens (primary N) is 1. The average molecular weight is 296 g/mol. The lowest BCUT2D eigenvalue weighted by atomic mass is 9.94. The molecule has 2 aromatic carbocycles. The highest BCUT2D eigenvalue weighted by Gasteiger charge is 2.18. The lowest BCUT2D eigenvalue weighted by molar-refractivity contribution is -0.122. The molecule has 2 rings (SSSR count). The fourth-order valence-corrected chi connectivity index (χ4v) is 2.50. The predicted molar refractivity (Wildman–Crippen MR) is 90.4 cm³/mol. The van der Waals surface area contributed by atoms with Crippen molar-refractivity contribution in [3.8, 4) is 0 Å². The molecule has 0 spiro atoms. The fraction of sp³-hybridized carbons (Fsp3) is 0.316. The first-order valence-electron chi connectivity index (χ1n) is 7.72. The molecule has 0 heterocycles. The third kappa shape index (κ3) is 4.43. The number of rotatable bonds is 6. The summed E-state index contributed by atoms with van der Waals surface area (Å²) in [6, 6.07) is 19.7. The molecule has 3 heteroatoms. The van der Waals surface area contributed by atoms with E-state index in [-0.39, 0.29) is 23.9 Å². The van der Waals surface area contributed by atoms with Crippen LogP contribution < -0.4 is 11.1 Å². The fourth-order valence-electron chi connectivity index (χ4n) is 2.50. The van der Waals surface area contributed by atoms with Crippen molar-refractivity contribution >= 4 is 5.91 Å². The molecule has 2 aromatic rings. The molecule has 0 bridgehead atoms. The normalized spacial score (nSPS) is 14.9. The van der Waals surface area contributed by atoms with Crippen molar-refractivity contribution < 1.29 is 4.79 Å². The highest BCUT2D eigenvalue weighted by Crippen LogP contribution is 2.19. The summed E-state index contributed by atoms with van der Waals surface area (Å²) in [7, 11) is 0. The van der Waals surface area contributed by atoms with Crippen LogP contribution >= 0.6 is 0 Å². The van der Waals surface area contributed by atoms with Crippen molar-refractivity contribution in [2.45, 2.75) is 38.3 Å². The Morgan fingerprint density at radius 2 is 1.45 bits per heavy atom. The Bertz CT molecular complexity index is 583. The molecule has 0 radical (unpaired) electrons. The zero-order valence-electron chi connectivity index (χ0n) is 13.2. The van der Waals surface area contributed by atoms with Crippen LogP contribution in [0.3, 0.4) is 0 Å². The van der Waals surface area contributed by atoms with Gasteiger partial charge in [0.1, 0.15) is 0 Å². The second-order valence-electron chi connectivity index (χ2n) is 5.78. The standard InChI is InChI=1S/C19H24N2O/c1-14(16-9-5-3-6-10-16)15(2)21-19(22)13-18(20)17-11-7-4-8-12-17/h3-12,14-15,18H,13,20H2,1-2H3,(H,21,22). The SMILES string of the molecule is CC(NC(=O)CC(N)c1ccccc1)C(C)c1ccccc1. The quantitative estimate of drug-likeness (QED) is 0.858. The predicted octanol–water partition coefficient (Wildman–Crippen LogP) is 3.38. The molecular weight excluding hydrogens is 272 g/mol. The highest BCUT2D eigenvalue weighted by molar-refractivity contribution is 5.77. The maximum absolute atomic E-state index is 12.2.